The molecule has 3 N–H and O–H groups in total. The predicted molar refractivity (Wildman–Crippen MR) is 118 cm³/mol. The van der Waals surface area contributed by atoms with Crippen LogP contribution in [-0.4, -0.2) is 64.5 Å². The zero-order chi connectivity index (χ0) is 21.8. The minimum atomic E-state index is -0.545. The molecule has 1 saturated heterocycles. The summed E-state index contributed by atoms with van der Waals surface area (Å²) in [6, 6.07) is 9.56. The quantitative estimate of drug-likeness (QED) is 0.577. The molecule has 0 atom stereocenters. The van der Waals surface area contributed by atoms with Gasteiger partial charge in [0.25, 0.3) is 5.91 Å². The van der Waals surface area contributed by atoms with Gasteiger partial charge in [0.15, 0.2) is 0 Å². The molecule has 31 heavy (non-hydrogen) atoms. The molecular weight excluding hydrogens is 416 g/mol. The van der Waals surface area contributed by atoms with Crippen LogP contribution < -0.4 is 11.1 Å². The average Bonchev–Trinajstić information content (AvgIpc) is 3.39. The van der Waals surface area contributed by atoms with E-state index >= 15 is 0 Å². The van der Waals surface area contributed by atoms with Crippen LogP contribution >= 0.6 is 11.3 Å². The van der Waals surface area contributed by atoms with Crippen LogP contribution in [0.2, 0.25) is 0 Å². The number of amides is 2. The third-order valence-electron chi connectivity index (χ3n) is 5.23. The van der Waals surface area contributed by atoms with Gasteiger partial charge >= 0.3 is 0 Å². The first kappa shape index (κ1) is 21.2. The van der Waals surface area contributed by atoms with Gasteiger partial charge in [-0.3, -0.25) is 19.4 Å². The number of primary amides is 1. The number of aryl methyl sites for hydroxylation is 1. The molecule has 10 heteroatoms. The number of nitrogens with two attached hydrogens (primary N) is 1. The highest BCUT2D eigenvalue weighted by molar-refractivity contribution is 7.14. The van der Waals surface area contributed by atoms with E-state index in [0.29, 0.717) is 28.8 Å². The van der Waals surface area contributed by atoms with Gasteiger partial charge in [0, 0.05) is 31.7 Å². The van der Waals surface area contributed by atoms with Crippen molar-refractivity contribution in [2.24, 2.45) is 5.73 Å². The molecule has 4 rings (SSSR count). The van der Waals surface area contributed by atoms with Gasteiger partial charge in [-0.05, 0) is 23.9 Å². The van der Waals surface area contributed by atoms with Crippen molar-refractivity contribution in [3.8, 4) is 11.4 Å². The molecule has 9 nitrogen and oxygen atoms in total. The molecule has 2 aromatic heterocycles. The molecule has 1 aliphatic rings. The van der Waals surface area contributed by atoms with E-state index in [0.717, 1.165) is 37.3 Å². The van der Waals surface area contributed by atoms with Gasteiger partial charge in [0.05, 0.1) is 18.7 Å². The molecule has 1 aromatic carbocycles. The van der Waals surface area contributed by atoms with E-state index in [2.05, 4.69) is 25.3 Å². The zero-order valence-corrected chi connectivity index (χ0v) is 18.0. The SMILES string of the molecule is Cc1ccccc1-c1noc(CN2CCN(CC(=O)Nc3sccc3C(N)=O)CC2)n1. The topological polar surface area (TPSA) is 118 Å². The fourth-order valence-electron chi connectivity index (χ4n) is 3.52. The van der Waals surface area contributed by atoms with Gasteiger partial charge < -0.3 is 15.6 Å². The van der Waals surface area contributed by atoms with E-state index in [-0.39, 0.29) is 12.5 Å². The summed E-state index contributed by atoms with van der Waals surface area (Å²) in [6.07, 6.45) is 0. The number of thiophene rings is 1. The molecule has 162 valence electrons. The molecule has 0 radical (unpaired) electrons. The highest BCUT2D eigenvalue weighted by Gasteiger charge is 2.22. The van der Waals surface area contributed by atoms with E-state index in [4.69, 9.17) is 10.3 Å². The van der Waals surface area contributed by atoms with Crippen LogP contribution in [0.1, 0.15) is 21.8 Å². The van der Waals surface area contributed by atoms with Crippen molar-refractivity contribution in [3.05, 3.63) is 52.7 Å². The summed E-state index contributed by atoms with van der Waals surface area (Å²) in [4.78, 5) is 32.6. The van der Waals surface area contributed by atoms with Gasteiger partial charge in [0.1, 0.15) is 5.00 Å². The van der Waals surface area contributed by atoms with Crippen LogP contribution in [0.15, 0.2) is 40.2 Å². The third-order valence-corrected chi connectivity index (χ3v) is 6.06. The standard InChI is InChI=1S/C21H24N6O3S/c1-14-4-2-3-5-15(14)20-24-18(30-25-20)13-27-9-7-26(8-10-27)12-17(28)23-21-16(19(22)29)6-11-31-21/h2-6,11H,7-10,12-13H2,1H3,(H2,22,29)(H,23,28). The number of rotatable bonds is 7. The van der Waals surface area contributed by atoms with Crippen LogP contribution in [0, 0.1) is 6.92 Å². The normalized spacial score (nSPS) is 15.1. The molecule has 0 aliphatic carbocycles. The highest BCUT2D eigenvalue weighted by atomic mass is 32.1. The maximum Gasteiger partial charge on any atom is 0.251 e. The second-order valence-electron chi connectivity index (χ2n) is 7.45. The van der Waals surface area contributed by atoms with Crippen LogP contribution in [0.5, 0.6) is 0 Å². The summed E-state index contributed by atoms with van der Waals surface area (Å²) in [5.74, 6) is 0.489. The number of piperazine rings is 1. The number of aromatic nitrogens is 2. The summed E-state index contributed by atoms with van der Waals surface area (Å²) in [5.41, 5.74) is 7.74. The van der Waals surface area contributed by atoms with Crippen molar-refractivity contribution < 1.29 is 14.1 Å². The fourth-order valence-corrected chi connectivity index (χ4v) is 4.33. The first-order valence-electron chi connectivity index (χ1n) is 10.00. The van der Waals surface area contributed by atoms with Crippen molar-refractivity contribution >= 4 is 28.2 Å². The molecule has 1 aliphatic heterocycles. The first-order chi connectivity index (χ1) is 15.0. The second kappa shape index (κ2) is 9.38. The Kier molecular flexibility index (Phi) is 6.40. The number of anilines is 1. The fraction of sp³-hybridized carbons (Fsp3) is 0.333. The molecule has 0 bridgehead atoms. The van der Waals surface area contributed by atoms with Crippen molar-refractivity contribution in [2.45, 2.75) is 13.5 Å². The molecule has 1 fully saturated rings. The number of nitrogens with one attached hydrogen (secondary N) is 1. The Balaban J connectivity index is 1.26. The Morgan fingerprint density at radius 2 is 1.90 bits per heavy atom. The Labute approximate surface area is 183 Å². The summed E-state index contributed by atoms with van der Waals surface area (Å²) < 4.78 is 5.44. The van der Waals surface area contributed by atoms with Gasteiger partial charge in [-0.2, -0.15) is 4.98 Å². The Bertz CT molecular complexity index is 1070. The Hall–Kier alpha value is -3.08. The van der Waals surface area contributed by atoms with Gasteiger partial charge in [-0.15, -0.1) is 11.3 Å². The van der Waals surface area contributed by atoms with E-state index in [9.17, 15) is 9.59 Å². The second-order valence-corrected chi connectivity index (χ2v) is 8.37. The maximum atomic E-state index is 12.3. The predicted octanol–water partition coefficient (Wildman–Crippen LogP) is 1.96. The van der Waals surface area contributed by atoms with E-state index in [1.54, 1.807) is 11.4 Å². The molecule has 0 unspecified atom stereocenters. The van der Waals surface area contributed by atoms with E-state index in [1.807, 2.05) is 31.2 Å². The number of nitrogens with zero attached hydrogens (tertiary/aromatic N) is 4. The van der Waals surface area contributed by atoms with Crippen molar-refractivity contribution in [1.29, 1.82) is 0 Å². The lowest BCUT2D eigenvalue weighted by molar-refractivity contribution is -0.117. The first-order valence-corrected chi connectivity index (χ1v) is 10.9. The van der Waals surface area contributed by atoms with Gasteiger partial charge in [-0.1, -0.05) is 29.4 Å². The zero-order valence-electron chi connectivity index (χ0n) is 17.2. The number of carbonyl (C=O) groups excluding carboxylic acids is 2. The molecular formula is C21H24N6O3S. The summed E-state index contributed by atoms with van der Waals surface area (Å²) >= 11 is 1.29. The minimum Gasteiger partial charge on any atom is -0.366 e. The number of carbonyl (C=O) groups is 2. The van der Waals surface area contributed by atoms with Crippen LogP contribution in [0.3, 0.4) is 0 Å². The lowest BCUT2D eigenvalue weighted by Crippen LogP contribution is -2.48. The van der Waals surface area contributed by atoms with Crippen LogP contribution in [-0.2, 0) is 11.3 Å². The molecule has 3 heterocycles. The largest absolute Gasteiger partial charge is 0.366 e. The summed E-state index contributed by atoms with van der Waals surface area (Å²) in [7, 11) is 0. The molecule has 0 saturated carbocycles. The third kappa shape index (κ3) is 5.16. The summed E-state index contributed by atoms with van der Waals surface area (Å²) in [6.45, 7) is 5.95. The average molecular weight is 441 g/mol. The van der Waals surface area contributed by atoms with Crippen LogP contribution in [0.4, 0.5) is 5.00 Å². The van der Waals surface area contributed by atoms with Crippen molar-refractivity contribution in [2.75, 3.05) is 38.0 Å². The van der Waals surface area contributed by atoms with Crippen LogP contribution in [0.25, 0.3) is 11.4 Å². The maximum absolute atomic E-state index is 12.3. The highest BCUT2D eigenvalue weighted by Crippen LogP contribution is 2.23. The molecule has 0 spiro atoms. The monoisotopic (exact) mass is 440 g/mol. The molecule has 3 aromatic rings. The van der Waals surface area contributed by atoms with Crippen molar-refractivity contribution in [3.63, 3.8) is 0 Å². The Morgan fingerprint density at radius 3 is 2.65 bits per heavy atom. The Morgan fingerprint density at radius 1 is 1.16 bits per heavy atom. The number of hydrogen-bond donors (Lipinski definition) is 2. The summed E-state index contributed by atoms with van der Waals surface area (Å²) in [5, 5.41) is 9.13. The lowest BCUT2D eigenvalue weighted by atomic mass is 10.1. The smallest absolute Gasteiger partial charge is 0.251 e. The van der Waals surface area contributed by atoms with E-state index in [1.165, 1.54) is 11.3 Å². The number of benzene rings is 1. The van der Waals surface area contributed by atoms with Gasteiger partial charge in [-0.25, -0.2) is 0 Å². The lowest BCUT2D eigenvalue weighted by Gasteiger charge is -2.33. The van der Waals surface area contributed by atoms with Gasteiger partial charge in [0.2, 0.25) is 17.6 Å². The van der Waals surface area contributed by atoms with E-state index < -0.39 is 5.91 Å². The minimum absolute atomic E-state index is 0.154. The number of hydrogen-bond acceptors (Lipinski definition) is 8. The van der Waals surface area contributed by atoms with Crippen molar-refractivity contribution in [1.82, 2.24) is 19.9 Å². The molecule has 2 amide bonds.